The van der Waals surface area contributed by atoms with Crippen LogP contribution in [0.3, 0.4) is 0 Å². The highest BCUT2D eigenvalue weighted by atomic mass is 16.2. The van der Waals surface area contributed by atoms with Crippen LogP contribution in [0.15, 0.2) is 65.6 Å². The van der Waals surface area contributed by atoms with E-state index in [9.17, 15) is 9.59 Å². The Hall–Kier alpha value is -3.21. The van der Waals surface area contributed by atoms with E-state index in [2.05, 4.69) is 4.98 Å². The lowest BCUT2D eigenvalue weighted by Crippen LogP contribution is -2.29. The van der Waals surface area contributed by atoms with Crippen molar-refractivity contribution in [2.45, 2.75) is 6.92 Å². The van der Waals surface area contributed by atoms with Gasteiger partial charge in [0, 0.05) is 23.1 Å². The van der Waals surface area contributed by atoms with Gasteiger partial charge in [-0.2, -0.15) is 0 Å². The maximum absolute atomic E-state index is 12.7. The number of aromatic nitrogens is 2. The summed E-state index contributed by atoms with van der Waals surface area (Å²) in [5.74, 6) is -0.742. The number of carbonyl (C=O) groups is 1. The van der Waals surface area contributed by atoms with E-state index in [1.807, 2.05) is 37.3 Å². The molecular formula is C18H15N3O2. The van der Waals surface area contributed by atoms with Crippen molar-refractivity contribution >= 4 is 5.91 Å². The zero-order valence-corrected chi connectivity index (χ0v) is 12.6. The molecule has 0 radical (unpaired) electrons. The van der Waals surface area contributed by atoms with Crippen molar-refractivity contribution in [1.82, 2.24) is 9.55 Å². The minimum absolute atomic E-state index is 0.0438. The largest absolute Gasteiger partial charge is 0.365 e. The van der Waals surface area contributed by atoms with Crippen LogP contribution in [0.1, 0.15) is 16.1 Å². The van der Waals surface area contributed by atoms with E-state index in [0.717, 1.165) is 11.3 Å². The summed E-state index contributed by atoms with van der Waals surface area (Å²) in [5.41, 5.74) is 7.80. The summed E-state index contributed by atoms with van der Waals surface area (Å²) in [6.45, 7) is 1.89. The van der Waals surface area contributed by atoms with Gasteiger partial charge in [-0.3, -0.25) is 19.1 Å². The highest BCUT2D eigenvalue weighted by molar-refractivity contribution is 5.92. The fourth-order valence-electron chi connectivity index (χ4n) is 2.40. The van der Waals surface area contributed by atoms with Crippen LogP contribution in [0.4, 0.5) is 0 Å². The second-order valence-corrected chi connectivity index (χ2v) is 5.16. The fraction of sp³-hybridized carbons (Fsp3) is 0.0556. The standard InChI is InChI=1S/C18H15N3O2/c1-12-7-8-13(11-20-12)16-10-9-15(17(19)22)18(23)21(16)14-5-3-2-4-6-14/h2-11H,1H3,(H2,19,22). The summed E-state index contributed by atoms with van der Waals surface area (Å²) < 4.78 is 1.48. The number of para-hydroxylation sites is 1. The second-order valence-electron chi connectivity index (χ2n) is 5.16. The normalized spacial score (nSPS) is 10.5. The zero-order valence-electron chi connectivity index (χ0n) is 12.6. The van der Waals surface area contributed by atoms with Gasteiger partial charge in [-0.05, 0) is 43.3 Å². The molecule has 0 atom stereocenters. The third kappa shape index (κ3) is 2.76. The molecule has 2 heterocycles. The Balaban J connectivity index is 2.32. The Labute approximate surface area is 133 Å². The van der Waals surface area contributed by atoms with Gasteiger partial charge in [-0.15, -0.1) is 0 Å². The average Bonchev–Trinajstić information content (AvgIpc) is 2.55. The first-order valence-electron chi connectivity index (χ1n) is 7.12. The number of rotatable bonds is 3. The summed E-state index contributed by atoms with van der Waals surface area (Å²) in [4.78, 5) is 28.5. The van der Waals surface area contributed by atoms with Crippen molar-refractivity contribution < 1.29 is 4.79 Å². The SMILES string of the molecule is Cc1ccc(-c2ccc(C(N)=O)c(=O)n2-c2ccccc2)cn1. The average molecular weight is 305 g/mol. The zero-order chi connectivity index (χ0) is 16.4. The predicted octanol–water partition coefficient (Wildman–Crippen LogP) is 2.31. The van der Waals surface area contributed by atoms with E-state index in [4.69, 9.17) is 5.73 Å². The fourth-order valence-corrected chi connectivity index (χ4v) is 2.40. The van der Waals surface area contributed by atoms with Gasteiger partial charge >= 0.3 is 0 Å². The number of carbonyl (C=O) groups excluding carboxylic acids is 1. The van der Waals surface area contributed by atoms with Crippen molar-refractivity contribution in [2.75, 3.05) is 0 Å². The number of benzene rings is 1. The molecule has 0 aliphatic rings. The molecule has 0 fully saturated rings. The summed E-state index contributed by atoms with van der Waals surface area (Å²) in [5, 5.41) is 0. The Morgan fingerprint density at radius 1 is 1.04 bits per heavy atom. The molecule has 3 rings (SSSR count). The quantitative estimate of drug-likeness (QED) is 0.806. The maximum Gasteiger partial charge on any atom is 0.268 e. The molecule has 5 nitrogen and oxygen atoms in total. The molecule has 3 aromatic rings. The van der Waals surface area contributed by atoms with E-state index >= 15 is 0 Å². The van der Waals surface area contributed by atoms with Crippen molar-refractivity contribution in [3.05, 3.63) is 82.4 Å². The molecule has 23 heavy (non-hydrogen) atoms. The van der Waals surface area contributed by atoms with Gasteiger partial charge in [0.25, 0.3) is 11.5 Å². The van der Waals surface area contributed by atoms with Gasteiger partial charge in [-0.1, -0.05) is 18.2 Å². The summed E-state index contributed by atoms with van der Waals surface area (Å²) in [6, 6.07) is 16.1. The first-order chi connectivity index (χ1) is 11.1. The lowest BCUT2D eigenvalue weighted by molar-refractivity contribution is 0.0998. The summed E-state index contributed by atoms with van der Waals surface area (Å²) in [6.07, 6.45) is 1.70. The Bertz CT molecular complexity index is 913. The van der Waals surface area contributed by atoms with Gasteiger partial charge in [0.1, 0.15) is 5.56 Å². The van der Waals surface area contributed by atoms with Crippen LogP contribution in [-0.4, -0.2) is 15.5 Å². The first kappa shape index (κ1) is 14.7. The minimum Gasteiger partial charge on any atom is -0.365 e. The molecule has 5 heteroatoms. The van der Waals surface area contributed by atoms with Gasteiger partial charge < -0.3 is 5.73 Å². The highest BCUT2D eigenvalue weighted by Crippen LogP contribution is 2.21. The predicted molar refractivity (Wildman–Crippen MR) is 88.5 cm³/mol. The van der Waals surface area contributed by atoms with Crippen LogP contribution < -0.4 is 11.3 Å². The molecule has 0 unspecified atom stereocenters. The molecule has 1 aromatic carbocycles. The number of hydrogen-bond acceptors (Lipinski definition) is 3. The Morgan fingerprint density at radius 3 is 2.39 bits per heavy atom. The molecule has 0 saturated carbocycles. The van der Waals surface area contributed by atoms with Crippen molar-refractivity contribution in [1.29, 1.82) is 0 Å². The molecule has 0 saturated heterocycles. The topological polar surface area (TPSA) is 78.0 Å². The maximum atomic E-state index is 12.7. The molecule has 2 N–H and O–H groups in total. The molecule has 0 spiro atoms. The van der Waals surface area contributed by atoms with Crippen LogP contribution >= 0.6 is 0 Å². The van der Waals surface area contributed by atoms with Crippen molar-refractivity contribution in [2.24, 2.45) is 5.73 Å². The van der Waals surface area contributed by atoms with Crippen LogP contribution in [0, 0.1) is 6.92 Å². The second kappa shape index (κ2) is 5.88. The van der Waals surface area contributed by atoms with Gasteiger partial charge in [-0.25, -0.2) is 0 Å². The number of amides is 1. The minimum atomic E-state index is -0.742. The van der Waals surface area contributed by atoms with Crippen LogP contribution in [0.25, 0.3) is 16.9 Å². The van der Waals surface area contributed by atoms with Crippen LogP contribution in [0.2, 0.25) is 0 Å². The molecule has 2 aromatic heterocycles. The van der Waals surface area contributed by atoms with Crippen molar-refractivity contribution in [3.63, 3.8) is 0 Å². The van der Waals surface area contributed by atoms with E-state index in [0.29, 0.717) is 11.4 Å². The van der Waals surface area contributed by atoms with E-state index in [1.54, 1.807) is 24.4 Å². The number of nitrogens with two attached hydrogens (primary N) is 1. The third-order valence-corrected chi connectivity index (χ3v) is 3.57. The van der Waals surface area contributed by atoms with Gasteiger partial charge in [0.05, 0.1) is 5.69 Å². The molecule has 114 valence electrons. The number of aryl methyl sites for hydroxylation is 1. The Kier molecular flexibility index (Phi) is 3.76. The highest BCUT2D eigenvalue weighted by Gasteiger charge is 2.15. The van der Waals surface area contributed by atoms with Crippen molar-refractivity contribution in [3.8, 4) is 16.9 Å². The number of primary amides is 1. The lowest BCUT2D eigenvalue weighted by Gasteiger charge is -2.14. The Morgan fingerprint density at radius 2 is 1.78 bits per heavy atom. The van der Waals surface area contributed by atoms with Crippen LogP contribution in [-0.2, 0) is 0 Å². The molecule has 1 amide bonds. The van der Waals surface area contributed by atoms with Crippen LogP contribution in [0.5, 0.6) is 0 Å². The monoisotopic (exact) mass is 305 g/mol. The molecular weight excluding hydrogens is 290 g/mol. The van der Waals surface area contributed by atoms with E-state index in [1.165, 1.54) is 10.6 Å². The van der Waals surface area contributed by atoms with E-state index < -0.39 is 11.5 Å². The number of nitrogens with zero attached hydrogens (tertiary/aromatic N) is 2. The summed E-state index contributed by atoms with van der Waals surface area (Å²) in [7, 11) is 0. The third-order valence-electron chi connectivity index (χ3n) is 3.57. The van der Waals surface area contributed by atoms with E-state index in [-0.39, 0.29) is 5.56 Å². The molecule has 0 bridgehead atoms. The number of hydrogen-bond donors (Lipinski definition) is 1. The molecule has 0 aliphatic carbocycles. The first-order valence-corrected chi connectivity index (χ1v) is 7.12. The summed E-state index contributed by atoms with van der Waals surface area (Å²) >= 11 is 0. The van der Waals surface area contributed by atoms with Gasteiger partial charge in [0.2, 0.25) is 0 Å². The molecule has 0 aliphatic heterocycles. The smallest absolute Gasteiger partial charge is 0.268 e. The number of pyridine rings is 2. The van der Waals surface area contributed by atoms with Gasteiger partial charge in [0.15, 0.2) is 0 Å². The lowest BCUT2D eigenvalue weighted by atomic mass is 10.1.